The van der Waals surface area contributed by atoms with Crippen molar-refractivity contribution in [3.8, 4) is 11.4 Å². The smallest absolute Gasteiger partial charge is 0.156 e. The van der Waals surface area contributed by atoms with Crippen molar-refractivity contribution in [1.29, 1.82) is 0 Å². The SMILES string of the molecule is Cc1cc2c(oc3c(-c4nc5ccccc5n4C(C)C)cccc32)c(C)n1. The lowest BCUT2D eigenvalue weighted by Gasteiger charge is -2.13. The highest BCUT2D eigenvalue weighted by atomic mass is 16.3. The number of hydrogen-bond donors (Lipinski definition) is 0. The van der Waals surface area contributed by atoms with Gasteiger partial charge < -0.3 is 8.98 Å². The molecule has 5 aromatic rings. The largest absolute Gasteiger partial charge is 0.453 e. The molecule has 0 saturated heterocycles. The molecule has 0 bridgehead atoms. The minimum Gasteiger partial charge on any atom is -0.453 e. The number of benzene rings is 2. The Hall–Kier alpha value is -3.14. The molecule has 0 radical (unpaired) electrons. The van der Waals surface area contributed by atoms with Crippen LogP contribution in [-0.4, -0.2) is 14.5 Å². The van der Waals surface area contributed by atoms with Gasteiger partial charge in [0.05, 0.1) is 22.3 Å². The standard InChI is InChI=1S/C23H21N3O/c1-13(2)26-20-11-6-5-10-19(20)25-23(26)17-9-7-8-16-18-12-14(3)24-15(4)21(18)27-22(16)17/h5-13H,1-4H3. The van der Waals surface area contributed by atoms with E-state index in [1.54, 1.807) is 0 Å². The molecule has 0 saturated carbocycles. The summed E-state index contributed by atoms with van der Waals surface area (Å²) >= 11 is 0. The highest BCUT2D eigenvalue weighted by Gasteiger charge is 2.20. The molecule has 4 heteroatoms. The first-order chi connectivity index (χ1) is 13.0. The lowest BCUT2D eigenvalue weighted by atomic mass is 10.1. The zero-order valence-electron chi connectivity index (χ0n) is 15.9. The fourth-order valence-corrected chi connectivity index (χ4v) is 4.04. The van der Waals surface area contributed by atoms with E-state index in [1.165, 1.54) is 0 Å². The number of fused-ring (bicyclic) bond motifs is 4. The first-order valence-corrected chi connectivity index (χ1v) is 9.31. The van der Waals surface area contributed by atoms with Crippen LogP contribution in [0.5, 0.6) is 0 Å². The third kappa shape index (κ3) is 2.29. The summed E-state index contributed by atoms with van der Waals surface area (Å²) in [6.45, 7) is 8.40. The van der Waals surface area contributed by atoms with E-state index < -0.39 is 0 Å². The molecule has 0 unspecified atom stereocenters. The molecule has 4 nitrogen and oxygen atoms in total. The molecule has 0 fully saturated rings. The summed E-state index contributed by atoms with van der Waals surface area (Å²) in [7, 11) is 0. The molecule has 3 aromatic heterocycles. The maximum Gasteiger partial charge on any atom is 0.156 e. The Morgan fingerprint density at radius 2 is 1.70 bits per heavy atom. The van der Waals surface area contributed by atoms with Crippen molar-refractivity contribution in [3.63, 3.8) is 0 Å². The van der Waals surface area contributed by atoms with E-state index in [-0.39, 0.29) is 6.04 Å². The Labute approximate surface area is 157 Å². The zero-order chi connectivity index (χ0) is 18.7. The van der Waals surface area contributed by atoms with Crippen molar-refractivity contribution >= 4 is 33.0 Å². The second-order valence-corrected chi connectivity index (χ2v) is 7.40. The summed E-state index contributed by atoms with van der Waals surface area (Å²) in [6.07, 6.45) is 0. The van der Waals surface area contributed by atoms with Gasteiger partial charge in [-0.15, -0.1) is 0 Å². The maximum atomic E-state index is 6.34. The van der Waals surface area contributed by atoms with Gasteiger partial charge in [-0.3, -0.25) is 4.98 Å². The Kier molecular flexibility index (Phi) is 3.38. The first-order valence-electron chi connectivity index (χ1n) is 9.31. The lowest BCUT2D eigenvalue weighted by molar-refractivity contribution is 0.622. The highest BCUT2D eigenvalue weighted by molar-refractivity contribution is 6.10. The number of hydrogen-bond acceptors (Lipinski definition) is 3. The third-order valence-corrected chi connectivity index (χ3v) is 5.13. The van der Waals surface area contributed by atoms with Gasteiger partial charge in [0.2, 0.25) is 0 Å². The summed E-state index contributed by atoms with van der Waals surface area (Å²) in [5, 5.41) is 2.22. The molecule has 134 valence electrons. The van der Waals surface area contributed by atoms with Gasteiger partial charge in [-0.05, 0) is 52.0 Å². The van der Waals surface area contributed by atoms with Crippen LogP contribution in [0.1, 0.15) is 31.3 Å². The predicted molar refractivity (Wildman–Crippen MR) is 110 cm³/mol. The molecule has 0 amide bonds. The molecule has 3 heterocycles. The maximum absolute atomic E-state index is 6.34. The quantitative estimate of drug-likeness (QED) is 0.379. The fourth-order valence-electron chi connectivity index (χ4n) is 4.04. The van der Waals surface area contributed by atoms with Crippen LogP contribution in [0.15, 0.2) is 52.9 Å². The first kappa shape index (κ1) is 16.1. The summed E-state index contributed by atoms with van der Waals surface area (Å²) < 4.78 is 8.62. The third-order valence-electron chi connectivity index (χ3n) is 5.13. The predicted octanol–water partition coefficient (Wildman–Crippen LogP) is 6.20. The summed E-state index contributed by atoms with van der Waals surface area (Å²) in [5.74, 6) is 0.943. The summed E-state index contributed by atoms with van der Waals surface area (Å²) in [4.78, 5) is 9.52. The van der Waals surface area contributed by atoms with Crippen LogP contribution >= 0.6 is 0 Å². The average molecular weight is 355 g/mol. The van der Waals surface area contributed by atoms with E-state index in [0.717, 1.165) is 55.7 Å². The number of rotatable bonds is 2. The molecule has 0 aliphatic heterocycles. The van der Waals surface area contributed by atoms with E-state index in [2.05, 4.69) is 65.9 Å². The van der Waals surface area contributed by atoms with Crippen LogP contribution in [-0.2, 0) is 0 Å². The molecule has 0 aliphatic rings. The number of pyridine rings is 1. The van der Waals surface area contributed by atoms with Crippen molar-refractivity contribution in [2.24, 2.45) is 0 Å². The van der Waals surface area contributed by atoms with Crippen molar-refractivity contribution in [1.82, 2.24) is 14.5 Å². The van der Waals surface area contributed by atoms with Gasteiger partial charge in [0.1, 0.15) is 11.4 Å². The van der Waals surface area contributed by atoms with Gasteiger partial charge in [-0.1, -0.05) is 24.3 Å². The van der Waals surface area contributed by atoms with E-state index >= 15 is 0 Å². The fraction of sp³-hybridized carbons (Fsp3) is 0.217. The van der Waals surface area contributed by atoms with E-state index in [1.807, 2.05) is 19.9 Å². The molecule has 0 N–H and O–H groups in total. The highest BCUT2D eigenvalue weighted by Crippen LogP contribution is 2.38. The van der Waals surface area contributed by atoms with Crippen LogP contribution < -0.4 is 0 Å². The van der Waals surface area contributed by atoms with Crippen molar-refractivity contribution < 1.29 is 4.42 Å². The van der Waals surface area contributed by atoms with Gasteiger partial charge in [-0.2, -0.15) is 0 Å². The molecular weight excluding hydrogens is 334 g/mol. The van der Waals surface area contributed by atoms with Crippen LogP contribution in [0, 0.1) is 13.8 Å². The average Bonchev–Trinajstić information content (AvgIpc) is 3.20. The van der Waals surface area contributed by atoms with Crippen molar-refractivity contribution in [3.05, 3.63) is 59.9 Å². The monoisotopic (exact) mass is 355 g/mol. The molecule has 0 aliphatic carbocycles. The van der Waals surface area contributed by atoms with E-state index in [9.17, 15) is 0 Å². The second-order valence-electron chi connectivity index (χ2n) is 7.40. The number of imidazole rings is 1. The van der Waals surface area contributed by atoms with Crippen LogP contribution in [0.2, 0.25) is 0 Å². The van der Waals surface area contributed by atoms with Gasteiger partial charge in [0, 0.05) is 22.5 Å². The van der Waals surface area contributed by atoms with Crippen LogP contribution in [0.4, 0.5) is 0 Å². The Morgan fingerprint density at radius 3 is 2.52 bits per heavy atom. The molecule has 2 aromatic carbocycles. The zero-order valence-corrected chi connectivity index (χ0v) is 15.9. The van der Waals surface area contributed by atoms with E-state index in [0.29, 0.717) is 0 Å². The van der Waals surface area contributed by atoms with Crippen LogP contribution in [0.3, 0.4) is 0 Å². The molecule has 0 spiro atoms. The van der Waals surface area contributed by atoms with E-state index in [4.69, 9.17) is 9.40 Å². The number of furan rings is 1. The minimum atomic E-state index is 0.290. The summed E-state index contributed by atoms with van der Waals surface area (Å²) in [5.41, 5.74) is 6.82. The molecule has 0 atom stereocenters. The summed E-state index contributed by atoms with van der Waals surface area (Å²) in [6, 6.07) is 17.0. The number of aryl methyl sites for hydroxylation is 2. The number of para-hydroxylation sites is 3. The Morgan fingerprint density at radius 1 is 0.889 bits per heavy atom. The van der Waals surface area contributed by atoms with Gasteiger partial charge in [0.15, 0.2) is 5.58 Å². The Balaban J connectivity index is 1.91. The Bertz CT molecular complexity index is 1320. The number of aromatic nitrogens is 3. The van der Waals surface area contributed by atoms with Crippen molar-refractivity contribution in [2.45, 2.75) is 33.7 Å². The minimum absolute atomic E-state index is 0.290. The van der Waals surface area contributed by atoms with Gasteiger partial charge in [0.25, 0.3) is 0 Å². The van der Waals surface area contributed by atoms with Crippen molar-refractivity contribution in [2.75, 3.05) is 0 Å². The topological polar surface area (TPSA) is 43.9 Å². The molecule has 5 rings (SSSR count). The number of nitrogens with zero attached hydrogens (tertiary/aromatic N) is 3. The lowest BCUT2D eigenvalue weighted by Crippen LogP contribution is -2.03. The van der Waals surface area contributed by atoms with Gasteiger partial charge in [-0.25, -0.2) is 4.98 Å². The van der Waals surface area contributed by atoms with Crippen LogP contribution in [0.25, 0.3) is 44.4 Å². The normalized spacial score (nSPS) is 12.0. The molecule has 27 heavy (non-hydrogen) atoms. The second kappa shape index (κ2) is 5.68. The molecular formula is C23H21N3O. The van der Waals surface area contributed by atoms with Gasteiger partial charge >= 0.3 is 0 Å².